The van der Waals surface area contributed by atoms with Crippen LogP contribution in [0.4, 0.5) is 0 Å². The van der Waals surface area contributed by atoms with Crippen LogP contribution in [0.3, 0.4) is 0 Å². The van der Waals surface area contributed by atoms with Crippen LogP contribution >= 0.6 is 15.9 Å². The summed E-state index contributed by atoms with van der Waals surface area (Å²) in [4.78, 5) is 0.0367. The highest BCUT2D eigenvalue weighted by molar-refractivity contribution is 9.10. The molecule has 1 aromatic carbocycles. The molecule has 0 spiro atoms. The van der Waals surface area contributed by atoms with Crippen LogP contribution in [0.5, 0.6) is 5.75 Å². The van der Waals surface area contributed by atoms with Crippen molar-refractivity contribution in [1.82, 2.24) is 4.72 Å². The summed E-state index contributed by atoms with van der Waals surface area (Å²) in [5.74, 6) is 0.255. The van der Waals surface area contributed by atoms with E-state index in [4.69, 9.17) is 9.84 Å². The lowest BCUT2D eigenvalue weighted by Gasteiger charge is -2.14. The smallest absolute Gasteiger partial charge is 0.244 e. The fraction of sp³-hybridized carbons (Fsp3) is 0.400. The molecule has 0 radical (unpaired) electrons. The summed E-state index contributed by atoms with van der Waals surface area (Å²) < 4.78 is 32.0. The Morgan fingerprint density at radius 3 is 2.71 bits per heavy atom. The third-order valence-electron chi connectivity index (χ3n) is 2.05. The molecule has 0 aliphatic heterocycles. The van der Waals surface area contributed by atoms with Crippen LogP contribution in [0.1, 0.15) is 6.92 Å². The minimum atomic E-state index is -3.70. The van der Waals surface area contributed by atoms with Crippen molar-refractivity contribution < 1.29 is 18.3 Å². The van der Waals surface area contributed by atoms with Crippen molar-refractivity contribution >= 4 is 26.0 Å². The largest absolute Gasteiger partial charge is 0.495 e. The average Bonchev–Trinajstić information content (AvgIpc) is 2.28. The molecular weight excluding hydrogens is 310 g/mol. The Balaban J connectivity index is 3.18. The summed E-state index contributed by atoms with van der Waals surface area (Å²) in [6.07, 6.45) is 0. The quantitative estimate of drug-likeness (QED) is 0.851. The highest BCUT2D eigenvalue weighted by Gasteiger charge is 2.21. The van der Waals surface area contributed by atoms with Gasteiger partial charge in [-0.25, -0.2) is 13.1 Å². The third kappa shape index (κ3) is 3.67. The molecule has 17 heavy (non-hydrogen) atoms. The average molecular weight is 324 g/mol. The van der Waals surface area contributed by atoms with Crippen LogP contribution in [0.15, 0.2) is 27.6 Å². The van der Waals surface area contributed by atoms with E-state index in [-0.39, 0.29) is 17.3 Å². The first kappa shape index (κ1) is 14.4. The van der Waals surface area contributed by atoms with Gasteiger partial charge in [-0.1, -0.05) is 15.9 Å². The summed E-state index contributed by atoms with van der Waals surface area (Å²) >= 11 is 3.20. The van der Waals surface area contributed by atoms with Crippen LogP contribution in [-0.4, -0.2) is 33.3 Å². The molecule has 1 atom stereocenters. The Morgan fingerprint density at radius 2 is 2.18 bits per heavy atom. The topological polar surface area (TPSA) is 75.6 Å². The number of methoxy groups -OCH3 is 1. The van der Waals surface area contributed by atoms with Crippen LogP contribution in [0, 0.1) is 0 Å². The summed E-state index contributed by atoms with van der Waals surface area (Å²) in [5.41, 5.74) is 0. The van der Waals surface area contributed by atoms with Crippen LogP contribution in [0.25, 0.3) is 0 Å². The number of aliphatic hydroxyl groups excluding tert-OH is 1. The SMILES string of the molecule is COc1ccc(Br)cc1S(=O)(=O)NC(C)CO. The van der Waals surface area contributed by atoms with E-state index in [1.54, 1.807) is 19.1 Å². The van der Waals surface area contributed by atoms with Crippen molar-refractivity contribution in [3.63, 3.8) is 0 Å². The maximum Gasteiger partial charge on any atom is 0.244 e. The van der Waals surface area contributed by atoms with E-state index in [1.165, 1.54) is 13.2 Å². The Morgan fingerprint density at radius 1 is 1.53 bits per heavy atom. The predicted octanol–water partition coefficient (Wildman–Crippen LogP) is 1.12. The lowest BCUT2D eigenvalue weighted by molar-refractivity contribution is 0.265. The second kappa shape index (κ2) is 5.81. The maximum atomic E-state index is 12.0. The first-order valence-corrected chi connectivity index (χ1v) is 7.15. The molecule has 5 nitrogen and oxygen atoms in total. The van der Waals surface area contributed by atoms with Crippen molar-refractivity contribution in [1.29, 1.82) is 0 Å². The number of hydrogen-bond acceptors (Lipinski definition) is 4. The van der Waals surface area contributed by atoms with Crippen molar-refractivity contribution in [3.8, 4) is 5.75 Å². The third-order valence-corrected chi connectivity index (χ3v) is 4.15. The molecule has 1 unspecified atom stereocenters. The Hall–Kier alpha value is -0.630. The van der Waals surface area contributed by atoms with Gasteiger partial charge in [0.15, 0.2) is 0 Å². The normalized spacial score (nSPS) is 13.4. The highest BCUT2D eigenvalue weighted by atomic mass is 79.9. The van der Waals surface area contributed by atoms with Crippen LogP contribution in [0.2, 0.25) is 0 Å². The fourth-order valence-electron chi connectivity index (χ4n) is 1.23. The van der Waals surface area contributed by atoms with E-state index < -0.39 is 16.1 Å². The summed E-state index contributed by atoms with van der Waals surface area (Å²) in [6, 6.07) is 4.14. The highest BCUT2D eigenvalue weighted by Crippen LogP contribution is 2.27. The van der Waals surface area contributed by atoms with Gasteiger partial charge in [0.25, 0.3) is 0 Å². The zero-order valence-electron chi connectivity index (χ0n) is 9.47. The summed E-state index contributed by atoms with van der Waals surface area (Å²) in [7, 11) is -2.30. The van der Waals surface area contributed by atoms with E-state index in [0.29, 0.717) is 4.47 Å². The van der Waals surface area contributed by atoms with Crippen molar-refractivity contribution in [3.05, 3.63) is 22.7 Å². The molecule has 0 fully saturated rings. The maximum absolute atomic E-state index is 12.0. The lowest BCUT2D eigenvalue weighted by atomic mass is 10.3. The number of hydrogen-bond donors (Lipinski definition) is 2. The number of nitrogens with one attached hydrogen (secondary N) is 1. The lowest BCUT2D eigenvalue weighted by Crippen LogP contribution is -2.35. The summed E-state index contributed by atoms with van der Waals surface area (Å²) in [5, 5.41) is 8.86. The second-order valence-electron chi connectivity index (χ2n) is 3.50. The molecule has 0 aliphatic carbocycles. The fourth-order valence-corrected chi connectivity index (χ4v) is 3.17. The standard InChI is InChI=1S/C10H14BrNO4S/c1-7(6-13)12-17(14,15)10-5-8(11)3-4-9(10)16-2/h3-5,7,12-13H,6H2,1-2H3. The predicted molar refractivity (Wildman–Crippen MR) is 67.6 cm³/mol. The van der Waals surface area contributed by atoms with Gasteiger partial charge in [-0.15, -0.1) is 0 Å². The van der Waals surface area contributed by atoms with E-state index in [2.05, 4.69) is 20.7 Å². The molecule has 0 aromatic heterocycles. The molecule has 0 saturated heterocycles. The van der Waals surface area contributed by atoms with E-state index in [9.17, 15) is 8.42 Å². The molecule has 1 rings (SSSR count). The van der Waals surface area contributed by atoms with Crippen molar-refractivity contribution in [2.75, 3.05) is 13.7 Å². The van der Waals surface area contributed by atoms with Gasteiger partial charge in [-0.05, 0) is 25.1 Å². The molecule has 0 saturated carbocycles. The molecule has 2 N–H and O–H groups in total. The Kier molecular flexibility index (Phi) is 4.93. The molecule has 0 aliphatic rings. The van der Waals surface area contributed by atoms with Gasteiger partial charge < -0.3 is 9.84 Å². The van der Waals surface area contributed by atoms with E-state index in [1.807, 2.05) is 0 Å². The van der Waals surface area contributed by atoms with Gasteiger partial charge in [0.1, 0.15) is 10.6 Å². The first-order valence-electron chi connectivity index (χ1n) is 4.87. The minimum absolute atomic E-state index is 0.0367. The van der Waals surface area contributed by atoms with Crippen molar-refractivity contribution in [2.45, 2.75) is 17.9 Å². The zero-order chi connectivity index (χ0) is 13.1. The molecule has 7 heteroatoms. The van der Waals surface area contributed by atoms with E-state index in [0.717, 1.165) is 0 Å². The van der Waals surface area contributed by atoms with E-state index >= 15 is 0 Å². The van der Waals surface area contributed by atoms with Gasteiger partial charge in [-0.3, -0.25) is 0 Å². The van der Waals surface area contributed by atoms with Crippen molar-refractivity contribution in [2.24, 2.45) is 0 Å². The number of benzene rings is 1. The zero-order valence-corrected chi connectivity index (χ0v) is 11.9. The van der Waals surface area contributed by atoms with Gasteiger partial charge in [0.2, 0.25) is 10.0 Å². The van der Waals surface area contributed by atoms with Gasteiger partial charge in [0, 0.05) is 10.5 Å². The van der Waals surface area contributed by atoms with Gasteiger partial charge in [0.05, 0.1) is 13.7 Å². The number of aliphatic hydroxyl groups is 1. The Labute approximate surface area is 109 Å². The molecule has 1 aromatic rings. The van der Waals surface area contributed by atoms with Crippen LogP contribution < -0.4 is 9.46 Å². The number of sulfonamides is 1. The molecule has 0 bridgehead atoms. The molecule has 0 heterocycles. The number of rotatable bonds is 5. The number of ether oxygens (including phenoxy) is 1. The number of halogens is 1. The second-order valence-corrected chi connectivity index (χ2v) is 6.10. The summed E-state index contributed by atoms with van der Waals surface area (Å²) in [6.45, 7) is 1.30. The molecule has 0 amide bonds. The van der Waals surface area contributed by atoms with Gasteiger partial charge >= 0.3 is 0 Å². The van der Waals surface area contributed by atoms with Crippen LogP contribution in [-0.2, 0) is 10.0 Å². The molecule has 96 valence electrons. The monoisotopic (exact) mass is 323 g/mol. The Bertz CT molecular complexity index is 489. The van der Waals surface area contributed by atoms with Gasteiger partial charge in [-0.2, -0.15) is 0 Å². The first-order chi connectivity index (χ1) is 7.90. The molecular formula is C10H14BrNO4S. The minimum Gasteiger partial charge on any atom is -0.495 e.